The number of nitrogens with zero attached hydrogens (tertiary/aromatic N) is 4. The van der Waals surface area contributed by atoms with Crippen molar-refractivity contribution >= 4 is 34.1 Å². The number of carbonyl (C=O) groups is 2. The van der Waals surface area contributed by atoms with E-state index in [2.05, 4.69) is 16.3 Å². The third kappa shape index (κ3) is 2.97. The summed E-state index contributed by atoms with van der Waals surface area (Å²) in [6, 6.07) is 18.3. The summed E-state index contributed by atoms with van der Waals surface area (Å²) in [5.74, 6) is -0.396. The minimum absolute atomic E-state index is 0.0309. The van der Waals surface area contributed by atoms with Crippen LogP contribution in [0.2, 0.25) is 0 Å². The van der Waals surface area contributed by atoms with E-state index in [9.17, 15) is 19.2 Å². The van der Waals surface area contributed by atoms with Crippen molar-refractivity contribution < 1.29 is 14.0 Å². The van der Waals surface area contributed by atoms with Gasteiger partial charge in [0, 0.05) is 29.0 Å². The molecule has 0 radical (unpaired) electrons. The van der Waals surface area contributed by atoms with E-state index in [0.29, 0.717) is 24.5 Å². The first-order valence-corrected chi connectivity index (χ1v) is 10.9. The lowest BCUT2D eigenvalue weighted by Crippen LogP contribution is -2.55. The lowest BCUT2D eigenvalue weighted by atomic mass is 10.0. The van der Waals surface area contributed by atoms with Gasteiger partial charge in [-0.1, -0.05) is 24.3 Å². The average Bonchev–Trinajstić information content (AvgIpc) is 3.51. The van der Waals surface area contributed by atoms with Crippen molar-refractivity contribution in [2.24, 2.45) is 0 Å². The van der Waals surface area contributed by atoms with Gasteiger partial charge in [-0.25, -0.2) is 9.18 Å². The number of amides is 3. The minimum Gasteiger partial charge on any atom is -0.318 e. The highest BCUT2D eigenvalue weighted by molar-refractivity contribution is 6.08. The molecule has 33 heavy (non-hydrogen) atoms. The smallest absolute Gasteiger partial charge is 0.318 e. The Hall–Kier alpha value is -3.96. The Kier molecular flexibility index (Phi) is 4.35. The second-order valence-electron chi connectivity index (χ2n) is 8.70. The summed E-state index contributed by atoms with van der Waals surface area (Å²) in [5.41, 5.74) is 1.88. The van der Waals surface area contributed by atoms with Crippen molar-refractivity contribution in [2.75, 3.05) is 23.4 Å². The number of fused-ring (bicyclic) bond motifs is 6. The molecule has 3 fully saturated rings. The Morgan fingerprint density at radius 2 is 1.82 bits per heavy atom. The van der Waals surface area contributed by atoms with E-state index in [-0.39, 0.29) is 29.8 Å². The van der Waals surface area contributed by atoms with Gasteiger partial charge < -0.3 is 10.2 Å². The van der Waals surface area contributed by atoms with Crippen LogP contribution >= 0.6 is 0 Å². The van der Waals surface area contributed by atoms with Crippen molar-refractivity contribution in [3.05, 3.63) is 72.0 Å². The van der Waals surface area contributed by atoms with Crippen LogP contribution in [-0.4, -0.2) is 53.1 Å². The van der Waals surface area contributed by atoms with E-state index in [1.165, 1.54) is 24.3 Å². The molecule has 0 aromatic heterocycles. The number of anilines is 2. The van der Waals surface area contributed by atoms with Crippen LogP contribution in [0.5, 0.6) is 0 Å². The predicted octanol–water partition coefficient (Wildman–Crippen LogP) is 3.51. The van der Waals surface area contributed by atoms with E-state index in [0.717, 1.165) is 22.9 Å². The lowest BCUT2D eigenvalue weighted by molar-refractivity contribution is -0.120. The summed E-state index contributed by atoms with van der Waals surface area (Å²) in [4.78, 5) is 32.2. The molecule has 1 N–H and O–H groups in total. The zero-order valence-corrected chi connectivity index (χ0v) is 17.6. The first kappa shape index (κ1) is 19.7. The number of halogens is 1. The second kappa shape index (κ2) is 7.29. The molecular weight excluding hydrogens is 421 g/mol. The molecule has 0 aliphatic carbocycles. The predicted molar refractivity (Wildman–Crippen MR) is 121 cm³/mol. The summed E-state index contributed by atoms with van der Waals surface area (Å²) < 4.78 is 13.2. The molecule has 3 aliphatic heterocycles. The Morgan fingerprint density at radius 3 is 2.58 bits per heavy atom. The maximum absolute atomic E-state index is 13.6. The zero-order valence-electron chi connectivity index (χ0n) is 17.6. The van der Waals surface area contributed by atoms with Crippen LogP contribution in [0.3, 0.4) is 0 Å². The van der Waals surface area contributed by atoms with E-state index >= 15 is 0 Å². The largest absolute Gasteiger partial charge is 0.322 e. The second-order valence-corrected chi connectivity index (χ2v) is 8.70. The molecule has 3 aromatic rings. The van der Waals surface area contributed by atoms with Gasteiger partial charge in [0.25, 0.3) is 0 Å². The SMILES string of the molecule is N#Cc1ccc(N2CN3C4CC([C@@H]3C2=O)N(C(=O)Nc2ccc(F)cc2)C4)c2ccccc12. The van der Waals surface area contributed by atoms with Crippen molar-refractivity contribution in [2.45, 2.75) is 24.5 Å². The lowest BCUT2D eigenvalue weighted by Gasteiger charge is -2.34. The van der Waals surface area contributed by atoms with Gasteiger partial charge in [0.2, 0.25) is 5.91 Å². The van der Waals surface area contributed by atoms with Crippen LogP contribution < -0.4 is 10.2 Å². The summed E-state index contributed by atoms with van der Waals surface area (Å²) in [6.45, 7) is 1.01. The van der Waals surface area contributed by atoms with Crippen LogP contribution in [0.1, 0.15) is 12.0 Å². The summed E-state index contributed by atoms with van der Waals surface area (Å²) >= 11 is 0. The molecule has 0 spiro atoms. The first-order chi connectivity index (χ1) is 16.0. The number of benzene rings is 3. The Morgan fingerprint density at radius 1 is 1.06 bits per heavy atom. The van der Waals surface area contributed by atoms with Gasteiger partial charge in [0.15, 0.2) is 0 Å². The third-order valence-corrected chi connectivity index (χ3v) is 7.00. The molecule has 2 bridgehead atoms. The number of hydrogen-bond acceptors (Lipinski definition) is 4. The van der Waals surface area contributed by atoms with Crippen molar-refractivity contribution in [3.8, 4) is 6.07 Å². The standard InChI is InChI=1S/C25H20FN5O2/c26-16-6-8-17(9-7-16)28-25(33)29-13-18-11-22(29)23-24(32)31(14-30(18)23)21-10-5-15(12-27)19-3-1-2-4-20(19)21/h1-10,18,22-23H,11,13-14H2,(H,28,33)/t18?,22?,23-/m1/s1. The Balaban J connectivity index is 1.27. The summed E-state index contributed by atoms with van der Waals surface area (Å²) in [6.07, 6.45) is 0.759. The van der Waals surface area contributed by atoms with Crippen molar-refractivity contribution in [3.63, 3.8) is 0 Å². The fourth-order valence-electron chi connectivity index (χ4n) is 5.51. The first-order valence-electron chi connectivity index (χ1n) is 10.9. The summed E-state index contributed by atoms with van der Waals surface area (Å²) in [5, 5.41) is 14.0. The van der Waals surface area contributed by atoms with Gasteiger partial charge >= 0.3 is 6.03 Å². The van der Waals surface area contributed by atoms with Gasteiger partial charge in [-0.05, 0) is 42.8 Å². The fraction of sp³-hybridized carbons (Fsp3) is 0.240. The molecular formula is C25H20FN5O2. The van der Waals surface area contributed by atoms with E-state index in [1.54, 1.807) is 15.9 Å². The number of rotatable bonds is 2. The van der Waals surface area contributed by atoms with Crippen LogP contribution in [-0.2, 0) is 4.79 Å². The van der Waals surface area contributed by atoms with Gasteiger partial charge in [0.05, 0.1) is 30.0 Å². The fourth-order valence-corrected chi connectivity index (χ4v) is 5.51. The van der Waals surface area contributed by atoms with E-state index < -0.39 is 6.04 Å². The molecule has 3 aromatic carbocycles. The summed E-state index contributed by atoms with van der Waals surface area (Å²) in [7, 11) is 0. The Labute approximate surface area is 189 Å². The monoisotopic (exact) mass is 441 g/mol. The topological polar surface area (TPSA) is 79.7 Å². The maximum atomic E-state index is 13.6. The number of likely N-dealkylation sites (tertiary alicyclic amines) is 1. The third-order valence-electron chi connectivity index (χ3n) is 7.00. The molecule has 2 unspecified atom stereocenters. The quantitative estimate of drug-likeness (QED) is 0.660. The number of nitrogens with one attached hydrogen (secondary N) is 1. The number of hydrogen-bond donors (Lipinski definition) is 1. The molecule has 3 saturated heterocycles. The molecule has 0 saturated carbocycles. The number of piperazine rings is 1. The maximum Gasteiger partial charge on any atom is 0.322 e. The molecule has 164 valence electrons. The molecule has 3 amide bonds. The molecule has 3 aliphatic rings. The van der Waals surface area contributed by atoms with Crippen molar-refractivity contribution in [1.82, 2.24) is 9.80 Å². The molecule has 3 heterocycles. The van der Waals surface area contributed by atoms with Crippen LogP contribution in [0.4, 0.5) is 20.6 Å². The van der Waals surface area contributed by atoms with Gasteiger partial charge in [-0.15, -0.1) is 0 Å². The average molecular weight is 441 g/mol. The van der Waals surface area contributed by atoms with Crippen molar-refractivity contribution in [1.29, 1.82) is 5.26 Å². The normalized spacial score (nSPS) is 23.8. The highest BCUT2D eigenvalue weighted by atomic mass is 19.1. The van der Waals surface area contributed by atoms with E-state index in [4.69, 9.17) is 0 Å². The van der Waals surface area contributed by atoms with Gasteiger partial charge in [-0.2, -0.15) is 5.26 Å². The molecule has 3 atom stereocenters. The number of nitriles is 1. The zero-order chi connectivity index (χ0) is 22.7. The van der Waals surface area contributed by atoms with Crippen LogP contribution in [0, 0.1) is 17.1 Å². The number of urea groups is 1. The van der Waals surface area contributed by atoms with Gasteiger partial charge in [-0.3, -0.25) is 14.6 Å². The minimum atomic E-state index is -0.392. The molecule has 6 rings (SSSR count). The van der Waals surface area contributed by atoms with E-state index in [1.807, 2.05) is 30.3 Å². The van der Waals surface area contributed by atoms with Crippen LogP contribution in [0.25, 0.3) is 10.8 Å². The Bertz CT molecular complexity index is 1330. The molecule has 7 nitrogen and oxygen atoms in total. The molecule has 8 heteroatoms. The van der Waals surface area contributed by atoms with Gasteiger partial charge in [0.1, 0.15) is 11.9 Å². The highest BCUT2D eigenvalue weighted by Crippen LogP contribution is 2.42. The number of carbonyl (C=O) groups excluding carboxylic acids is 2. The highest BCUT2D eigenvalue weighted by Gasteiger charge is 2.59. The van der Waals surface area contributed by atoms with Crippen LogP contribution in [0.15, 0.2) is 60.7 Å².